The van der Waals surface area contributed by atoms with Crippen LogP contribution >= 0.6 is 23.2 Å². The van der Waals surface area contributed by atoms with E-state index in [1.54, 1.807) is 36.9 Å². The first-order valence-electron chi connectivity index (χ1n) is 8.72. The predicted molar refractivity (Wildman–Crippen MR) is 111 cm³/mol. The molecule has 2 aromatic heterocycles. The van der Waals surface area contributed by atoms with Crippen molar-refractivity contribution in [1.82, 2.24) is 18.7 Å². The van der Waals surface area contributed by atoms with E-state index in [0.29, 0.717) is 39.1 Å². The van der Waals surface area contributed by atoms with Crippen molar-refractivity contribution in [3.05, 3.63) is 54.6 Å². The third-order valence-corrected chi connectivity index (χ3v) is 5.36. The molecule has 0 aliphatic carbocycles. The molecule has 1 aromatic carbocycles. The van der Waals surface area contributed by atoms with Gasteiger partial charge in [0.05, 0.1) is 16.6 Å². The molecule has 0 amide bonds. The fourth-order valence-electron chi connectivity index (χ4n) is 3.02. The molecular weight excluding hydrogens is 405 g/mol. The second kappa shape index (κ2) is 7.98. The molecule has 0 aliphatic rings. The van der Waals surface area contributed by atoms with Crippen LogP contribution in [0.15, 0.2) is 27.8 Å². The summed E-state index contributed by atoms with van der Waals surface area (Å²) < 4.78 is 4.11. The highest BCUT2D eigenvalue weighted by atomic mass is 35.5. The van der Waals surface area contributed by atoms with Gasteiger partial charge in [-0.05, 0) is 31.0 Å². The van der Waals surface area contributed by atoms with Gasteiger partial charge in [0.2, 0.25) is 5.95 Å². The Hall–Kier alpha value is -2.29. The molecule has 150 valence electrons. The zero-order valence-electron chi connectivity index (χ0n) is 15.7. The van der Waals surface area contributed by atoms with Gasteiger partial charge in [0, 0.05) is 26.7 Å². The van der Waals surface area contributed by atoms with Gasteiger partial charge in [-0.2, -0.15) is 4.98 Å². The van der Waals surface area contributed by atoms with Crippen molar-refractivity contribution in [2.24, 2.45) is 14.1 Å². The average Bonchev–Trinajstić information content (AvgIpc) is 2.96. The van der Waals surface area contributed by atoms with Crippen LogP contribution in [-0.4, -0.2) is 36.4 Å². The third kappa shape index (κ3) is 3.67. The molecule has 0 spiro atoms. The zero-order valence-corrected chi connectivity index (χ0v) is 17.3. The number of nitrogens with one attached hydrogen (secondary N) is 1. The van der Waals surface area contributed by atoms with Crippen LogP contribution in [0, 0.1) is 0 Å². The molecule has 3 aromatic rings. The molecule has 0 saturated carbocycles. The number of nitrogens with zero attached hydrogens (tertiary/aromatic N) is 4. The van der Waals surface area contributed by atoms with Crippen molar-refractivity contribution in [3.8, 4) is 0 Å². The summed E-state index contributed by atoms with van der Waals surface area (Å²) in [6.07, 6.45) is 0.531. The Labute approximate surface area is 170 Å². The van der Waals surface area contributed by atoms with Gasteiger partial charge in [0.15, 0.2) is 11.2 Å². The standard InChI is InChI=1S/C18H21Cl2N5O3/c1-10(6-7-26)21-17-22-15-14(23(17)2)16(27)25(18(28)24(15)3)9-11-4-5-12(19)13(20)8-11/h4-5,8,10,26H,6-7,9H2,1-3H3,(H,21,22)/t10-/m0/s1. The summed E-state index contributed by atoms with van der Waals surface area (Å²) in [7, 11) is 3.28. The number of aromatic nitrogens is 4. The highest BCUT2D eigenvalue weighted by Gasteiger charge is 2.19. The van der Waals surface area contributed by atoms with E-state index in [9.17, 15) is 9.59 Å². The topological polar surface area (TPSA) is 94.1 Å². The molecule has 0 saturated heterocycles. The van der Waals surface area contributed by atoms with Crippen LogP contribution < -0.4 is 16.6 Å². The maximum Gasteiger partial charge on any atom is 0.332 e. The minimum atomic E-state index is -0.475. The van der Waals surface area contributed by atoms with E-state index in [-0.39, 0.29) is 19.2 Å². The van der Waals surface area contributed by atoms with Crippen molar-refractivity contribution < 1.29 is 5.11 Å². The quantitative estimate of drug-likeness (QED) is 0.629. The van der Waals surface area contributed by atoms with Crippen LogP contribution in [0.1, 0.15) is 18.9 Å². The van der Waals surface area contributed by atoms with Gasteiger partial charge in [0.25, 0.3) is 5.56 Å². The van der Waals surface area contributed by atoms with Gasteiger partial charge >= 0.3 is 5.69 Å². The van der Waals surface area contributed by atoms with Gasteiger partial charge in [0.1, 0.15) is 0 Å². The fourth-order valence-corrected chi connectivity index (χ4v) is 3.34. The SMILES string of the molecule is C[C@@H](CCO)Nc1nc2c(c(=O)n(Cc3ccc(Cl)c(Cl)c3)c(=O)n2C)n1C. The Balaban J connectivity index is 2.12. The first kappa shape index (κ1) is 20.4. The normalized spacial score (nSPS) is 12.5. The summed E-state index contributed by atoms with van der Waals surface area (Å²) in [6, 6.07) is 4.93. The minimum absolute atomic E-state index is 0.0348. The molecule has 2 heterocycles. The van der Waals surface area contributed by atoms with E-state index in [0.717, 1.165) is 4.57 Å². The molecule has 0 aliphatic heterocycles. The number of hydrogen-bond donors (Lipinski definition) is 2. The Morgan fingerprint density at radius 1 is 1.18 bits per heavy atom. The first-order chi connectivity index (χ1) is 13.2. The van der Waals surface area contributed by atoms with E-state index in [1.165, 1.54) is 4.57 Å². The van der Waals surface area contributed by atoms with E-state index < -0.39 is 11.2 Å². The van der Waals surface area contributed by atoms with E-state index in [1.807, 2.05) is 6.92 Å². The summed E-state index contributed by atoms with van der Waals surface area (Å²) >= 11 is 12.0. The number of anilines is 1. The van der Waals surface area contributed by atoms with Crippen LogP contribution in [0.4, 0.5) is 5.95 Å². The largest absolute Gasteiger partial charge is 0.396 e. The van der Waals surface area contributed by atoms with Crippen LogP contribution in [0.2, 0.25) is 10.0 Å². The van der Waals surface area contributed by atoms with Gasteiger partial charge < -0.3 is 15.0 Å². The van der Waals surface area contributed by atoms with Crippen molar-refractivity contribution in [1.29, 1.82) is 0 Å². The van der Waals surface area contributed by atoms with Gasteiger partial charge in [-0.15, -0.1) is 0 Å². The highest BCUT2D eigenvalue weighted by molar-refractivity contribution is 6.42. The molecule has 10 heteroatoms. The maximum atomic E-state index is 13.1. The number of rotatable bonds is 6. The minimum Gasteiger partial charge on any atom is -0.396 e. The Bertz CT molecular complexity index is 1150. The number of aliphatic hydroxyl groups excluding tert-OH is 1. The van der Waals surface area contributed by atoms with Crippen molar-refractivity contribution in [2.75, 3.05) is 11.9 Å². The van der Waals surface area contributed by atoms with E-state index >= 15 is 0 Å². The molecule has 0 radical (unpaired) electrons. The lowest BCUT2D eigenvalue weighted by Crippen LogP contribution is -2.39. The molecular formula is C18H21Cl2N5O3. The van der Waals surface area contributed by atoms with Crippen molar-refractivity contribution in [2.45, 2.75) is 25.9 Å². The Morgan fingerprint density at radius 2 is 1.89 bits per heavy atom. The molecule has 0 unspecified atom stereocenters. The molecule has 1 atom stereocenters. The van der Waals surface area contributed by atoms with Crippen LogP contribution in [0.5, 0.6) is 0 Å². The second-order valence-electron chi connectivity index (χ2n) is 6.71. The smallest absolute Gasteiger partial charge is 0.332 e. The molecule has 0 fully saturated rings. The zero-order chi connectivity index (χ0) is 20.6. The Kier molecular flexibility index (Phi) is 5.83. The summed E-state index contributed by atoms with van der Waals surface area (Å²) in [5.41, 5.74) is 0.367. The lowest BCUT2D eigenvalue weighted by atomic mass is 10.2. The number of fused-ring (bicyclic) bond motifs is 1. The third-order valence-electron chi connectivity index (χ3n) is 4.62. The summed E-state index contributed by atoms with van der Waals surface area (Å²) in [5, 5.41) is 13.0. The number of hydrogen-bond acceptors (Lipinski definition) is 5. The van der Waals surface area contributed by atoms with E-state index in [4.69, 9.17) is 28.3 Å². The second-order valence-corrected chi connectivity index (χ2v) is 7.52. The van der Waals surface area contributed by atoms with Gasteiger partial charge in [-0.3, -0.25) is 13.9 Å². The van der Waals surface area contributed by atoms with E-state index in [2.05, 4.69) is 10.3 Å². The molecule has 0 bridgehead atoms. The number of benzene rings is 1. The first-order valence-corrected chi connectivity index (χ1v) is 9.47. The van der Waals surface area contributed by atoms with Crippen LogP contribution in [0.25, 0.3) is 11.2 Å². The number of halogens is 2. The summed E-state index contributed by atoms with van der Waals surface area (Å²) in [4.78, 5) is 30.2. The number of aryl methyl sites for hydroxylation is 2. The van der Waals surface area contributed by atoms with Gasteiger partial charge in [-0.25, -0.2) is 4.79 Å². The number of aliphatic hydroxyl groups is 1. The predicted octanol–water partition coefficient (Wildman–Crippen LogP) is 1.97. The highest BCUT2D eigenvalue weighted by Crippen LogP contribution is 2.23. The van der Waals surface area contributed by atoms with Crippen molar-refractivity contribution in [3.63, 3.8) is 0 Å². The van der Waals surface area contributed by atoms with Gasteiger partial charge in [-0.1, -0.05) is 29.3 Å². The monoisotopic (exact) mass is 425 g/mol. The molecule has 28 heavy (non-hydrogen) atoms. The molecule has 3 rings (SSSR count). The average molecular weight is 426 g/mol. The lowest BCUT2D eigenvalue weighted by molar-refractivity contribution is 0.282. The number of imidazole rings is 1. The maximum absolute atomic E-state index is 13.1. The van der Waals surface area contributed by atoms with Crippen molar-refractivity contribution >= 4 is 40.3 Å². The summed E-state index contributed by atoms with van der Waals surface area (Å²) in [6.45, 7) is 2.00. The molecule has 2 N–H and O–H groups in total. The fraction of sp³-hybridized carbons (Fsp3) is 0.389. The van der Waals surface area contributed by atoms with Crippen LogP contribution in [0.3, 0.4) is 0 Å². The summed E-state index contributed by atoms with van der Waals surface area (Å²) in [5.74, 6) is 0.454. The Morgan fingerprint density at radius 3 is 2.54 bits per heavy atom. The molecule has 8 nitrogen and oxygen atoms in total. The van der Waals surface area contributed by atoms with Crippen LogP contribution in [-0.2, 0) is 20.6 Å². The lowest BCUT2D eigenvalue weighted by Gasteiger charge is -2.12.